The quantitative estimate of drug-likeness (QED) is 0.774. The highest BCUT2D eigenvalue weighted by Gasteiger charge is 2.29. The third-order valence-electron chi connectivity index (χ3n) is 3.79. The van der Waals surface area contributed by atoms with Crippen molar-refractivity contribution in [3.05, 3.63) is 30.3 Å². The van der Waals surface area contributed by atoms with Gasteiger partial charge in [0.25, 0.3) is 0 Å². The fourth-order valence-corrected chi connectivity index (χ4v) is 2.29. The minimum atomic E-state index is -0.740. The first kappa shape index (κ1) is 22.0. The molecule has 0 bridgehead atoms. The Hall–Kier alpha value is -2.08. The van der Waals surface area contributed by atoms with E-state index in [9.17, 15) is 9.59 Å². The number of nitrogens with one attached hydrogen (secondary N) is 2. The van der Waals surface area contributed by atoms with Crippen LogP contribution in [-0.2, 0) is 9.53 Å². The van der Waals surface area contributed by atoms with Gasteiger partial charge in [-0.1, -0.05) is 32.0 Å². The summed E-state index contributed by atoms with van der Waals surface area (Å²) in [5.41, 5.74) is -0.656. The Labute approximate surface area is 156 Å². The molecule has 0 aliphatic carbocycles. The molecule has 26 heavy (non-hydrogen) atoms. The van der Waals surface area contributed by atoms with E-state index in [1.54, 1.807) is 20.8 Å². The van der Waals surface area contributed by atoms with Crippen LogP contribution >= 0.6 is 0 Å². The van der Waals surface area contributed by atoms with Crippen LogP contribution in [0, 0.1) is 5.92 Å². The van der Waals surface area contributed by atoms with E-state index >= 15 is 0 Å². The van der Waals surface area contributed by atoms with Gasteiger partial charge in [-0.25, -0.2) is 4.79 Å². The smallest absolute Gasteiger partial charge is 0.414 e. The molecule has 2 N–H and O–H groups in total. The van der Waals surface area contributed by atoms with Crippen molar-refractivity contribution in [1.29, 1.82) is 0 Å². The Morgan fingerprint density at radius 3 is 2.08 bits per heavy atom. The minimum absolute atomic E-state index is 0.0104. The van der Waals surface area contributed by atoms with Gasteiger partial charge >= 0.3 is 6.09 Å². The molecule has 0 saturated carbocycles. The van der Waals surface area contributed by atoms with Crippen molar-refractivity contribution in [2.24, 2.45) is 5.92 Å². The van der Waals surface area contributed by atoms with E-state index in [0.717, 1.165) is 5.75 Å². The van der Waals surface area contributed by atoms with Gasteiger partial charge in [0.15, 0.2) is 0 Å². The molecule has 0 aromatic heterocycles. The first-order chi connectivity index (χ1) is 12.0. The van der Waals surface area contributed by atoms with Crippen LogP contribution in [0.4, 0.5) is 4.79 Å². The van der Waals surface area contributed by atoms with E-state index in [1.165, 1.54) is 0 Å². The van der Waals surface area contributed by atoms with Crippen molar-refractivity contribution in [3.63, 3.8) is 0 Å². The van der Waals surface area contributed by atoms with Crippen LogP contribution in [0.3, 0.4) is 0 Å². The van der Waals surface area contributed by atoms with Crippen molar-refractivity contribution in [2.45, 2.75) is 72.3 Å². The molecule has 0 aliphatic rings. The van der Waals surface area contributed by atoms with E-state index in [1.807, 2.05) is 58.0 Å². The normalized spacial score (nSPS) is 15.1. The lowest BCUT2D eigenvalue weighted by atomic mass is 10.0. The van der Waals surface area contributed by atoms with Crippen molar-refractivity contribution in [2.75, 3.05) is 0 Å². The lowest BCUT2D eigenvalue weighted by Gasteiger charge is -2.29. The molecule has 1 aromatic rings. The monoisotopic (exact) mass is 364 g/mol. The fraction of sp³-hybridized carbons (Fsp3) is 0.600. The summed E-state index contributed by atoms with van der Waals surface area (Å²) in [6, 6.07) is 8.87. The number of ether oxygens (including phenoxy) is 2. The zero-order valence-corrected chi connectivity index (χ0v) is 16.8. The van der Waals surface area contributed by atoms with Gasteiger partial charge < -0.3 is 9.47 Å². The molecule has 1 aromatic carbocycles. The van der Waals surface area contributed by atoms with E-state index in [0.29, 0.717) is 0 Å². The van der Waals surface area contributed by atoms with E-state index < -0.39 is 23.6 Å². The molecule has 1 rings (SSSR count). The molecule has 146 valence electrons. The number of benzene rings is 1. The lowest BCUT2D eigenvalue weighted by molar-refractivity contribution is -0.124. The second-order valence-corrected chi connectivity index (χ2v) is 7.80. The molecule has 6 heteroatoms. The van der Waals surface area contributed by atoms with Crippen LogP contribution in [0.25, 0.3) is 0 Å². The van der Waals surface area contributed by atoms with Crippen LogP contribution in [0.15, 0.2) is 30.3 Å². The molecule has 6 nitrogen and oxygen atoms in total. The third kappa shape index (κ3) is 7.87. The highest BCUT2D eigenvalue weighted by molar-refractivity contribution is 5.95. The average molecular weight is 364 g/mol. The maximum absolute atomic E-state index is 12.5. The summed E-state index contributed by atoms with van der Waals surface area (Å²) in [6.07, 6.45) is -0.899. The van der Waals surface area contributed by atoms with Crippen LogP contribution in [0.5, 0.6) is 5.75 Å². The molecular weight excluding hydrogens is 332 g/mol. The van der Waals surface area contributed by atoms with Gasteiger partial charge in [-0.15, -0.1) is 0 Å². The summed E-state index contributed by atoms with van der Waals surface area (Å²) in [7, 11) is 0. The first-order valence-corrected chi connectivity index (χ1v) is 9.01. The SMILES string of the molecule is CC(N[C@H](C(=O)NC(=O)OC(C)(C)C)C(C)C)C(C)Oc1ccccc1. The third-order valence-corrected chi connectivity index (χ3v) is 3.79. The molecule has 0 saturated heterocycles. The number of hydrogen-bond donors (Lipinski definition) is 2. The van der Waals surface area contributed by atoms with Gasteiger partial charge in [-0.2, -0.15) is 0 Å². The Kier molecular flexibility index (Phi) is 8.08. The predicted molar refractivity (Wildman–Crippen MR) is 102 cm³/mol. The number of carbonyl (C=O) groups is 2. The molecule has 0 spiro atoms. The number of para-hydroxylation sites is 1. The molecule has 0 aliphatic heterocycles. The number of hydrogen-bond acceptors (Lipinski definition) is 5. The average Bonchev–Trinajstić information content (AvgIpc) is 2.50. The number of amides is 2. The van der Waals surface area contributed by atoms with Crippen LogP contribution in [-0.4, -0.2) is 35.8 Å². The Balaban J connectivity index is 2.65. The van der Waals surface area contributed by atoms with Crippen LogP contribution < -0.4 is 15.4 Å². The van der Waals surface area contributed by atoms with Gasteiger partial charge in [-0.05, 0) is 52.7 Å². The molecular formula is C20H32N2O4. The number of carbonyl (C=O) groups excluding carboxylic acids is 2. The largest absolute Gasteiger partial charge is 0.489 e. The van der Waals surface area contributed by atoms with E-state index in [2.05, 4.69) is 10.6 Å². The maximum Gasteiger partial charge on any atom is 0.414 e. The molecule has 3 atom stereocenters. The summed E-state index contributed by atoms with van der Waals surface area (Å²) in [5, 5.41) is 5.57. The number of imide groups is 1. The zero-order chi connectivity index (χ0) is 19.9. The van der Waals surface area contributed by atoms with Gasteiger partial charge in [-0.3, -0.25) is 15.4 Å². The van der Waals surface area contributed by atoms with Gasteiger partial charge in [0.05, 0.1) is 6.04 Å². The van der Waals surface area contributed by atoms with Crippen molar-refractivity contribution < 1.29 is 19.1 Å². The van der Waals surface area contributed by atoms with Crippen LogP contribution in [0.2, 0.25) is 0 Å². The zero-order valence-electron chi connectivity index (χ0n) is 16.8. The predicted octanol–water partition coefficient (Wildman–Crippen LogP) is 3.51. The second-order valence-electron chi connectivity index (χ2n) is 7.80. The molecule has 0 fully saturated rings. The highest BCUT2D eigenvalue weighted by Crippen LogP contribution is 2.14. The molecule has 2 unspecified atom stereocenters. The lowest BCUT2D eigenvalue weighted by Crippen LogP contribution is -2.55. The Bertz CT molecular complexity index is 581. The van der Waals surface area contributed by atoms with Crippen molar-refractivity contribution in [1.82, 2.24) is 10.6 Å². The number of alkyl carbamates (subject to hydrolysis) is 1. The minimum Gasteiger partial charge on any atom is -0.489 e. The highest BCUT2D eigenvalue weighted by atomic mass is 16.6. The number of rotatable bonds is 7. The van der Waals surface area contributed by atoms with Crippen molar-refractivity contribution >= 4 is 12.0 Å². The fourth-order valence-electron chi connectivity index (χ4n) is 2.29. The maximum atomic E-state index is 12.5. The Morgan fingerprint density at radius 2 is 1.58 bits per heavy atom. The molecule has 0 radical (unpaired) electrons. The molecule has 2 amide bonds. The van der Waals surface area contributed by atoms with E-state index in [-0.39, 0.29) is 18.1 Å². The summed E-state index contributed by atoms with van der Waals surface area (Å²) in [6.45, 7) is 13.0. The van der Waals surface area contributed by atoms with Gasteiger partial charge in [0.1, 0.15) is 17.5 Å². The first-order valence-electron chi connectivity index (χ1n) is 9.01. The summed E-state index contributed by atoms with van der Waals surface area (Å²) in [5.74, 6) is 0.352. The Morgan fingerprint density at radius 1 is 1.00 bits per heavy atom. The van der Waals surface area contributed by atoms with Crippen molar-refractivity contribution in [3.8, 4) is 5.75 Å². The second kappa shape index (κ2) is 9.57. The summed E-state index contributed by atoms with van der Waals surface area (Å²) < 4.78 is 11.0. The summed E-state index contributed by atoms with van der Waals surface area (Å²) >= 11 is 0. The van der Waals surface area contributed by atoms with Gasteiger partial charge in [0.2, 0.25) is 5.91 Å². The van der Waals surface area contributed by atoms with Crippen LogP contribution in [0.1, 0.15) is 48.5 Å². The topological polar surface area (TPSA) is 76.7 Å². The summed E-state index contributed by atoms with van der Waals surface area (Å²) in [4.78, 5) is 24.3. The van der Waals surface area contributed by atoms with Gasteiger partial charge in [0, 0.05) is 6.04 Å². The standard InChI is InChI=1S/C20H32N2O4/c1-13(2)17(18(23)22-19(24)26-20(5,6)7)21-14(3)15(4)25-16-11-9-8-10-12-16/h8-15,17,21H,1-7H3,(H,22,23,24)/t14?,15?,17-/m0/s1. The molecule has 0 heterocycles. The van der Waals surface area contributed by atoms with E-state index in [4.69, 9.17) is 9.47 Å².